The Balaban J connectivity index is 2.25. The van der Waals surface area contributed by atoms with E-state index >= 15 is 0 Å². The average Bonchev–Trinajstić information content (AvgIpc) is 2.57. The fourth-order valence-corrected chi connectivity index (χ4v) is 3.38. The zero-order valence-electron chi connectivity index (χ0n) is 15.7. The number of thioether (sulfide) groups is 1. The summed E-state index contributed by atoms with van der Waals surface area (Å²) in [6.07, 6.45) is 0.389. The largest absolute Gasteiger partial charge is 0.353 e. The Bertz CT molecular complexity index is 847. The molecular formula is C19H24FN3O2S. The molecule has 0 saturated heterocycles. The number of aryl methyl sites for hydroxylation is 1. The first-order valence-corrected chi connectivity index (χ1v) is 9.35. The van der Waals surface area contributed by atoms with Crippen molar-refractivity contribution in [2.45, 2.75) is 50.6 Å². The first-order valence-electron chi connectivity index (χ1n) is 8.47. The van der Waals surface area contributed by atoms with Crippen molar-refractivity contribution in [2.24, 2.45) is 7.05 Å². The normalized spacial score (nSPS) is 12.3. The molecule has 0 spiro atoms. The summed E-state index contributed by atoms with van der Waals surface area (Å²) >= 11 is 1.26. The van der Waals surface area contributed by atoms with Crippen LogP contribution in [0.2, 0.25) is 0 Å². The number of carbonyl (C=O) groups excluding carboxylic acids is 1. The van der Waals surface area contributed by atoms with Gasteiger partial charge < -0.3 is 5.32 Å². The van der Waals surface area contributed by atoms with Gasteiger partial charge >= 0.3 is 0 Å². The van der Waals surface area contributed by atoms with Crippen molar-refractivity contribution in [3.8, 4) is 0 Å². The molecule has 7 heteroatoms. The van der Waals surface area contributed by atoms with Crippen LogP contribution in [0.15, 0.2) is 34.2 Å². The van der Waals surface area contributed by atoms with Gasteiger partial charge in [0.15, 0.2) is 5.16 Å². The van der Waals surface area contributed by atoms with Gasteiger partial charge in [-0.3, -0.25) is 14.2 Å². The van der Waals surface area contributed by atoms with Crippen LogP contribution in [0.25, 0.3) is 0 Å². The van der Waals surface area contributed by atoms with Crippen LogP contribution in [0.3, 0.4) is 0 Å². The van der Waals surface area contributed by atoms with E-state index in [2.05, 4.69) is 10.3 Å². The van der Waals surface area contributed by atoms with Crippen LogP contribution in [0.5, 0.6) is 0 Å². The number of rotatable bonds is 6. The van der Waals surface area contributed by atoms with Gasteiger partial charge in [0.05, 0.1) is 5.25 Å². The Labute approximate surface area is 157 Å². The molecule has 0 aliphatic rings. The van der Waals surface area contributed by atoms with Crippen LogP contribution < -0.4 is 10.9 Å². The van der Waals surface area contributed by atoms with E-state index in [-0.39, 0.29) is 28.6 Å². The second-order valence-corrected chi connectivity index (χ2v) is 7.86. The number of nitrogens with zero attached hydrogens (tertiary/aromatic N) is 2. The Kier molecular flexibility index (Phi) is 6.58. The molecule has 1 N–H and O–H groups in total. The highest BCUT2D eigenvalue weighted by Gasteiger charge is 2.19. The molecule has 0 fully saturated rings. The van der Waals surface area contributed by atoms with Crippen molar-refractivity contribution < 1.29 is 9.18 Å². The van der Waals surface area contributed by atoms with Gasteiger partial charge in [0, 0.05) is 30.8 Å². The van der Waals surface area contributed by atoms with Crippen LogP contribution in [-0.4, -0.2) is 26.8 Å². The molecule has 1 amide bonds. The Hall–Kier alpha value is -2.15. The highest BCUT2D eigenvalue weighted by atomic mass is 32.2. The standard InChI is InChI=1S/C19H24FN3O2S/c1-11(2)21-17(24)13(4)26-19-22-12(3)16(18(25)23(19)5)10-14-6-8-15(20)9-7-14/h6-9,11,13H,10H2,1-5H3,(H,21,24). The molecule has 2 aromatic rings. The lowest BCUT2D eigenvalue weighted by Crippen LogP contribution is -2.36. The lowest BCUT2D eigenvalue weighted by atomic mass is 10.1. The summed E-state index contributed by atoms with van der Waals surface area (Å²) in [6.45, 7) is 7.37. The summed E-state index contributed by atoms with van der Waals surface area (Å²) in [7, 11) is 1.65. The van der Waals surface area contributed by atoms with Crippen molar-refractivity contribution in [3.05, 3.63) is 57.3 Å². The van der Waals surface area contributed by atoms with Crippen molar-refractivity contribution >= 4 is 17.7 Å². The van der Waals surface area contributed by atoms with Crippen LogP contribution in [0, 0.1) is 12.7 Å². The van der Waals surface area contributed by atoms with Gasteiger partial charge in [-0.1, -0.05) is 23.9 Å². The van der Waals surface area contributed by atoms with Crippen LogP contribution in [0.4, 0.5) is 4.39 Å². The van der Waals surface area contributed by atoms with Crippen LogP contribution in [0.1, 0.15) is 37.6 Å². The van der Waals surface area contributed by atoms with E-state index in [0.717, 1.165) is 5.56 Å². The first kappa shape index (κ1) is 20.2. The molecular weight excluding hydrogens is 353 g/mol. The SMILES string of the molecule is Cc1nc(SC(C)C(=O)NC(C)C)n(C)c(=O)c1Cc1ccc(F)cc1. The highest BCUT2D eigenvalue weighted by molar-refractivity contribution is 8.00. The third-order valence-electron chi connectivity index (χ3n) is 3.93. The van der Waals surface area contributed by atoms with Gasteiger partial charge in [-0.15, -0.1) is 0 Å². The van der Waals surface area contributed by atoms with E-state index < -0.39 is 0 Å². The maximum Gasteiger partial charge on any atom is 0.257 e. The molecule has 1 atom stereocenters. The lowest BCUT2D eigenvalue weighted by Gasteiger charge is -2.16. The van der Waals surface area contributed by atoms with Crippen molar-refractivity contribution in [3.63, 3.8) is 0 Å². The van der Waals surface area contributed by atoms with E-state index in [4.69, 9.17) is 0 Å². The van der Waals surface area contributed by atoms with E-state index in [1.165, 1.54) is 28.5 Å². The number of aromatic nitrogens is 2. The smallest absolute Gasteiger partial charge is 0.257 e. The van der Waals surface area contributed by atoms with E-state index in [9.17, 15) is 14.0 Å². The molecule has 1 aromatic carbocycles. The van der Waals surface area contributed by atoms with Gasteiger partial charge in [-0.2, -0.15) is 0 Å². The summed E-state index contributed by atoms with van der Waals surface area (Å²) in [5.41, 5.74) is 1.89. The third-order valence-corrected chi connectivity index (χ3v) is 5.07. The minimum atomic E-state index is -0.363. The van der Waals surface area contributed by atoms with Crippen LogP contribution >= 0.6 is 11.8 Å². The summed E-state index contributed by atoms with van der Waals surface area (Å²) in [5, 5.41) is 2.99. The Morgan fingerprint density at radius 3 is 2.46 bits per heavy atom. The maximum atomic E-state index is 13.1. The number of carbonyl (C=O) groups is 1. The molecule has 0 aliphatic heterocycles. The quantitative estimate of drug-likeness (QED) is 0.621. The zero-order chi connectivity index (χ0) is 19.4. The van der Waals surface area contributed by atoms with Crippen molar-refractivity contribution in [2.75, 3.05) is 0 Å². The second-order valence-electron chi connectivity index (χ2n) is 6.55. The summed E-state index contributed by atoms with van der Waals surface area (Å²) in [6, 6.07) is 6.13. The lowest BCUT2D eigenvalue weighted by molar-refractivity contribution is -0.120. The molecule has 2 rings (SSSR count). The Morgan fingerprint density at radius 2 is 1.88 bits per heavy atom. The van der Waals surface area contributed by atoms with E-state index in [1.807, 2.05) is 13.8 Å². The zero-order valence-corrected chi connectivity index (χ0v) is 16.5. The number of nitrogens with one attached hydrogen (secondary N) is 1. The summed E-state index contributed by atoms with van der Waals surface area (Å²) < 4.78 is 14.5. The van der Waals surface area contributed by atoms with Gasteiger partial charge in [-0.25, -0.2) is 9.37 Å². The molecule has 0 saturated carbocycles. The molecule has 1 unspecified atom stereocenters. The number of amides is 1. The molecule has 1 heterocycles. The number of hydrogen-bond acceptors (Lipinski definition) is 4. The third kappa shape index (κ3) is 4.94. The van der Waals surface area contributed by atoms with Crippen molar-refractivity contribution in [1.29, 1.82) is 0 Å². The summed E-state index contributed by atoms with van der Waals surface area (Å²) in [4.78, 5) is 29.4. The first-order chi connectivity index (χ1) is 12.2. The topological polar surface area (TPSA) is 64.0 Å². The van der Waals surface area contributed by atoms with E-state index in [0.29, 0.717) is 22.8 Å². The van der Waals surface area contributed by atoms with Gasteiger partial charge in [0.25, 0.3) is 5.56 Å². The van der Waals surface area contributed by atoms with E-state index in [1.54, 1.807) is 33.0 Å². The molecule has 0 bridgehead atoms. The molecule has 1 aromatic heterocycles. The van der Waals surface area contributed by atoms with Gasteiger partial charge in [0.2, 0.25) is 5.91 Å². The number of halogens is 1. The number of hydrogen-bond donors (Lipinski definition) is 1. The molecule has 140 valence electrons. The molecule has 0 aliphatic carbocycles. The fourth-order valence-electron chi connectivity index (χ4n) is 2.46. The Morgan fingerprint density at radius 1 is 1.27 bits per heavy atom. The maximum absolute atomic E-state index is 13.1. The second kappa shape index (κ2) is 8.49. The average molecular weight is 377 g/mol. The molecule has 5 nitrogen and oxygen atoms in total. The minimum Gasteiger partial charge on any atom is -0.353 e. The minimum absolute atomic E-state index is 0.0575. The van der Waals surface area contributed by atoms with Gasteiger partial charge in [0.1, 0.15) is 5.82 Å². The van der Waals surface area contributed by atoms with Gasteiger partial charge in [-0.05, 0) is 45.4 Å². The van der Waals surface area contributed by atoms with Crippen molar-refractivity contribution in [1.82, 2.24) is 14.9 Å². The van der Waals surface area contributed by atoms with Crippen LogP contribution in [-0.2, 0) is 18.3 Å². The summed E-state index contributed by atoms with van der Waals surface area (Å²) in [5.74, 6) is -0.399. The molecule has 0 radical (unpaired) electrons. The fraction of sp³-hybridized carbons (Fsp3) is 0.421. The number of benzene rings is 1. The highest BCUT2D eigenvalue weighted by Crippen LogP contribution is 2.21. The monoisotopic (exact) mass is 377 g/mol. The molecule has 26 heavy (non-hydrogen) atoms. The predicted molar refractivity (Wildman–Crippen MR) is 102 cm³/mol. The predicted octanol–water partition coefficient (Wildman–Crippen LogP) is 2.82.